The number of amides is 1. The number of carbonyl (C=O) groups excluding carboxylic acids is 1. The van der Waals surface area contributed by atoms with E-state index in [2.05, 4.69) is 11.1 Å². The highest BCUT2D eigenvalue weighted by atomic mass is 16.4. The molecule has 6 nitrogen and oxygen atoms in total. The van der Waals surface area contributed by atoms with E-state index in [0.717, 1.165) is 35.1 Å². The molecule has 4 rings (SSSR count). The van der Waals surface area contributed by atoms with E-state index in [1.165, 1.54) is 0 Å². The van der Waals surface area contributed by atoms with Crippen molar-refractivity contribution in [1.29, 1.82) is 5.26 Å². The zero-order valence-corrected chi connectivity index (χ0v) is 17.6. The largest absolute Gasteiger partial charge is 0.481 e. The first kappa shape index (κ1) is 21.3. The fourth-order valence-electron chi connectivity index (χ4n) is 3.79. The number of nitriles is 1. The van der Waals surface area contributed by atoms with Crippen LogP contribution in [-0.2, 0) is 29.1 Å². The van der Waals surface area contributed by atoms with Gasteiger partial charge in [-0.2, -0.15) is 5.26 Å². The van der Waals surface area contributed by atoms with Crippen molar-refractivity contribution in [2.75, 3.05) is 0 Å². The molecule has 0 bridgehead atoms. The summed E-state index contributed by atoms with van der Waals surface area (Å²) in [6.07, 6.45) is 4.93. The standard InChI is InChI=1S/C26H23N3O3/c27-13-19-6-9-24(22-11-20(12-25(30)31)14-28-15-22)23(10-19)17-29(26(32)21-7-8-21)16-18-4-2-1-3-5-18/h1-6,9-11,14-15,21H,7-8,12,16-17H2,(H,30,31). The molecule has 0 radical (unpaired) electrons. The van der Waals surface area contributed by atoms with Crippen LogP contribution in [0, 0.1) is 17.2 Å². The Bertz CT molecular complexity index is 1180. The normalized spacial score (nSPS) is 12.7. The Balaban J connectivity index is 1.70. The van der Waals surface area contributed by atoms with Crippen molar-refractivity contribution in [3.8, 4) is 17.2 Å². The van der Waals surface area contributed by atoms with Crippen molar-refractivity contribution in [3.05, 3.63) is 89.2 Å². The number of pyridine rings is 1. The molecule has 0 spiro atoms. The van der Waals surface area contributed by atoms with E-state index < -0.39 is 5.97 Å². The third-order valence-electron chi connectivity index (χ3n) is 5.51. The monoisotopic (exact) mass is 425 g/mol. The molecule has 6 heteroatoms. The SMILES string of the molecule is N#Cc1ccc(-c2cncc(CC(=O)O)c2)c(CN(Cc2ccccc2)C(=O)C2CC2)c1. The summed E-state index contributed by atoms with van der Waals surface area (Å²) in [7, 11) is 0. The smallest absolute Gasteiger partial charge is 0.307 e. The Morgan fingerprint density at radius 2 is 1.81 bits per heavy atom. The first-order chi connectivity index (χ1) is 15.5. The van der Waals surface area contributed by atoms with Crippen molar-refractivity contribution < 1.29 is 14.7 Å². The molecule has 0 saturated heterocycles. The number of carboxylic acid groups (broad SMARTS) is 1. The average molecular weight is 425 g/mol. The van der Waals surface area contributed by atoms with Gasteiger partial charge in [0.25, 0.3) is 0 Å². The Morgan fingerprint density at radius 1 is 1.03 bits per heavy atom. The third kappa shape index (κ3) is 5.19. The summed E-state index contributed by atoms with van der Waals surface area (Å²) in [6.45, 7) is 0.849. The second-order valence-corrected chi connectivity index (χ2v) is 8.09. The van der Waals surface area contributed by atoms with Gasteiger partial charge in [-0.05, 0) is 53.3 Å². The van der Waals surface area contributed by atoms with Gasteiger partial charge in [-0.1, -0.05) is 36.4 Å². The highest BCUT2D eigenvalue weighted by Gasteiger charge is 2.33. The van der Waals surface area contributed by atoms with Gasteiger partial charge >= 0.3 is 5.97 Å². The molecular formula is C26H23N3O3. The summed E-state index contributed by atoms with van der Waals surface area (Å²) in [5.74, 6) is -0.727. The van der Waals surface area contributed by atoms with Crippen LogP contribution in [0.25, 0.3) is 11.1 Å². The number of rotatable bonds is 8. The molecule has 1 saturated carbocycles. The molecular weight excluding hydrogens is 402 g/mol. The number of carbonyl (C=O) groups is 2. The van der Waals surface area contributed by atoms with E-state index in [0.29, 0.717) is 24.2 Å². The summed E-state index contributed by atoms with van der Waals surface area (Å²) in [6, 6.07) is 19.2. The molecule has 2 aromatic carbocycles. The molecule has 0 unspecified atom stereocenters. The number of hydrogen-bond donors (Lipinski definition) is 1. The van der Waals surface area contributed by atoms with E-state index >= 15 is 0 Å². The van der Waals surface area contributed by atoms with Crippen molar-refractivity contribution in [3.63, 3.8) is 0 Å². The maximum absolute atomic E-state index is 13.1. The minimum absolute atomic E-state index is 0.0712. The number of carboxylic acids is 1. The van der Waals surface area contributed by atoms with Gasteiger partial charge < -0.3 is 10.0 Å². The maximum Gasteiger partial charge on any atom is 0.307 e. The molecule has 1 aromatic heterocycles. The first-order valence-electron chi connectivity index (χ1n) is 10.6. The summed E-state index contributed by atoms with van der Waals surface area (Å²) < 4.78 is 0. The number of benzene rings is 2. The quantitative estimate of drug-likeness (QED) is 0.584. The van der Waals surface area contributed by atoms with Gasteiger partial charge in [0.05, 0.1) is 18.1 Å². The van der Waals surface area contributed by atoms with Crippen LogP contribution in [0.2, 0.25) is 0 Å². The number of nitrogens with zero attached hydrogens (tertiary/aromatic N) is 3. The molecule has 1 heterocycles. The van der Waals surface area contributed by atoms with Crippen molar-refractivity contribution in [1.82, 2.24) is 9.88 Å². The molecule has 1 N–H and O–H groups in total. The third-order valence-corrected chi connectivity index (χ3v) is 5.51. The van der Waals surface area contributed by atoms with Crippen molar-refractivity contribution in [2.45, 2.75) is 32.4 Å². The zero-order valence-electron chi connectivity index (χ0n) is 17.6. The van der Waals surface area contributed by atoms with Gasteiger partial charge in [0, 0.05) is 37.0 Å². The fraction of sp³-hybridized carbons (Fsp3) is 0.231. The molecule has 160 valence electrons. The second-order valence-electron chi connectivity index (χ2n) is 8.09. The van der Waals surface area contributed by atoms with Crippen molar-refractivity contribution in [2.24, 2.45) is 5.92 Å². The topological polar surface area (TPSA) is 94.3 Å². The van der Waals surface area contributed by atoms with Crippen LogP contribution in [-0.4, -0.2) is 26.9 Å². The molecule has 0 aliphatic heterocycles. The van der Waals surface area contributed by atoms with Crippen molar-refractivity contribution >= 4 is 11.9 Å². The van der Waals surface area contributed by atoms with Crippen LogP contribution in [0.3, 0.4) is 0 Å². The van der Waals surface area contributed by atoms with Gasteiger partial charge in [-0.15, -0.1) is 0 Å². The van der Waals surface area contributed by atoms with Gasteiger partial charge in [-0.3, -0.25) is 14.6 Å². The summed E-state index contributed by atoms with van der Waals surface area (Å²) in [5, 5.41) is 18.6. The fourth-order valence-corrected chi connectivity index (χ4v) is 3.79. The van der Waals surface area contributed by atoms with E-state index in [1.54, 1.807) is 30.6 Å². The van der Waals surface area contributed by atoms with Crippen LogP contribution >= 0.6 is 0 Å². The lowest BCUT2D eigenvalue weighted by Crippen LogP contribution is -2.31. The number of hydrogen-bond acceptors (Lipinski definition) is 4. The lowest BCUT2D eigenvalue weighted by atomic mass is 9.97. The predicted octanol–water partition coefficient (Wildman–Crippen LogP) is 4.19. The highest BCUT2D eigenvalue weighted by molar-refractivity contribution is 5.81. The lowest BCUT2D eigenvalue weighted by Gasteiger charge is -2.25. The Kier molecular flexibility index (Phi) is 6.27. The summed E-state index contributed by atoms with van der Waals surface area (Å²) >= 11 is 0. The van der Waals surface area contributed by atoms with Crippen LogP contribution in [0.15, 0.2) is 67.0 Å². The van der Waals surface area contributed by atoms with Gasteiger partial charge in [-0.25, -0.2) is 0 Å². The summed E-state index contributed by atoms with van der Waals surface area (Å²) in [4.78, 5) is 30.3. The molecule has 1 fully saturated rings. The maximum atomic E-state index is 13.1. The minimum Gasteiger partial charge on any atom is -0.481 e. The average Bonchev–Trinajstić information content (AvgIpc) is 3.64. The summed E-state index contributed by atoms with van der Waals surface area (Å²) in [5.41, 5.74) is 4.59. The molecule has 1 aliphatic rings. The van der Waals surface area contributed by atoms with Gasteiger partial charge in [0.15, 0.2) is 0 Å². The van der Waals surface area contributed by atoms with E-state index in [4.69, 9.17) is 5.11 Å². The Labute approximate surface area is 186 Å². The van der Waals surface area contributed by atoms with Crippen LogP contribution in [0.4, 0.5) is 0 Å². The lowest BCUT2D eigenvalue weighted by molar-refractivity contribution is -0.136. The van der Waals surface area contributed by atoms with Gasteiger partial charge in [0.2, 0.25) is 5.91 Å². The minimum atomic E-state index is -0.923. The molecule has 1 amide bonds. The Morgan fingerprint density at radius 3 is 2.50 bits per heavy atom. The second kappa shape index (κ2) is 9.44. The molecule has 1 aliphatic carbocycles. The zero-order chi connectivity index (χ0) is 22.5. The highest BCUT2D eigenvalue weighted by Crippen LogP contribution is 2.33. The first-order valence-corrected chi connectivity index (χ1v) is 10.6. The molecule has 3 aromatic rings. The predicted molar refractivity (Wildman–Crippen MR) is 119 cm³/mol. The van der Waals surface area contributed by atoms with E-state index in [-0.39, 0.29) is 18.2 Å². The van der Waals surface area contributed by atoms with Crippen LogP contribution in [0.5, 0.6) is 0 Å². The van der Waals surface area contributed by atoms with E-state index in [9.17, 15) is 14.9 Å². The van der Waals surface area contributed by atoms with E-state index in [1.807, 2.05) is 41.3 Å². The van der Waals surface area contributed by atoms with Crippen LogP contribution in [0.1, 0.15) is 35.1 Å². The Hall–Kier alpha value is -3.98. The number of aromatic nitrogens is 1. The molecule has 32 heavy (non-hydrogen) atoms. The van der Waals surface area contributed by atoms with Gasteiger partial charge in [0.1, 0.15) is 0 Å². The molecule has 0 atom stereocenters. The number of aliphatic carboxylic acids is 1. The van der Waals surface area contributed by atoms with Crippen LogP contribution < -0.4 is 0 Å².